The predicted octanol–water partition coefficient (Wildman–Crippen LogP) is 3.12. The molecule has 1 aliphatic heterocycles. The fraction of sp³-hybridized carbons (Fsp3) is 0.593. The summed E-state index contributed by atoms with van der Waals surface area (Å²) in [7, 11) is 0. The van der Waals surface area contributed by atoms with Crippen LogP contribution in [0.15, 0.2) is 23.3 Å². The molecule has 4 atom stereocenters. The molecule has 4 N–H and O–H groups in total. The molecule has 2 aromatic heterocycles. The van der Waals surface area contributed by atoms with Gasteiger partial charge in [0.2, 0.25) is 0 Å². The zero-order valence-electron chi connectivity index (χ0n) is 22.6. The minimum Gasteiger partial charge on any atom is -0.455 e. The highest BCUT2D eigenvalue weighted by atomic mass is 16.7. The number of ether oxygens (including phenoxy) is 3. The Morgan fingerprint density at radius 3 is 2.51 bits per heavy atom. The highest BCUT2D eigenvalue weighted by molar-refractivity contribution is 6.14. The van der Waals surface area contributed by atoms with Crippen LogP contribution in [0.25, 0.3) is 21.7 Å². The number of nitrogens with zero attached hydrogens (tertiary/aromatic N) is 3. The second kappa shape index (κ2) is 12.1. The van der Waals surface area contributed by atoms with E-state index in [2.05, 4.69) is 15.3 Å². The maximum atomic E-state index is 13.0. The second-order valence-corrected chi connectivity index (χ2v) is 10.2. The molecule has 1 saturated heterocycles. The first kappa shape index (κ1) is 28.5. The van der Waals surface area contributed by atoms with Crippen LogP contribution in [-0.4, -0.2) is 61.4 Å². The summed E-state index contributed by atoms with van der Waals surface area (Å²) in [6, 6.07) is 1.55. The molecule has 12 heteroatoms. The summed E-state index contributed by atoms with van der Waals surface area (Å²) >= 11 is 0. The number of aliphatic hydroxyl groups is 1. The van der Waals surface area contributed by atoms with Gasteiger partial charge in [-0.1, -0.05) is 39.5 Å². The minimum absolute atomic E-state index is 0.180. The van der Waals surface area contributed by atoms with Crippen LogP contribution in [0.5, 0.6) is 0 Å². The molecule has 4 rings (SSSR count). The monoisotopic (exact) mass is 543 g/mol. The summed E-state index contributed by atoms with van der Waals surface area (Å²) in [5, 5.41) is 22.6. The van der Waals surface area contributed by atoms with Crippen LogP contribution in [0.2, 0.25) is 0 Å². The normalized spacial score (nSPS) is 22.9. The number of nitrogen functional groups attached to an aromatic ring is 1. The second-order valence-electron chi connectivity index (χ2n) is 10.2. The fourth-order valence-corrected chi connectivity index (χ4v) is 5.13. The summed E-state index contributed by atoms with van der Waals surface area (Å²) < 4.78 is 19.4. The van der Waals surface area contributed by atoms with Crippen molar-refractivity contribution in [2.45, 2.75) is 96.2 Å². The third-order valence-electron chi connectivity index (χ3n) is 7.17. The van der Waals surface area contributed by atoms with E-state index in [1.165, 1.54) is 10.9 Å². The van der Waals surface area contributed by atoms with Gasteiger partial charge in [0.25, 0.3) is 5.56 Å². The SMILES string of the molecule is CCCCCC(=O)OC1C(CO)OC(n2cc3c(N)cc4c(=O)[nH]ncc(n2)c34)C1(C)OC(=O)CCCCC. The number of nitrogens with one attached hydrogen (secondary N) is 1. The lowest BCUT2D eigenvalue weighted by Crippen LogP contribution is -2.50. The number of unbranched alkanes of at least 4 members (excludes halogenated alkanes) is 4. The number of rotatable bonds is 12. The predicted molar refractivity (Wildman–Crippen MR) is 144 cm³/mol. The molecule has 4 unspecified atom stereocenters. The minimum atomic E-state index is -1.53. The molecule has 12 nitrogen and oxygen atoms in total. The molecule has 0 bridgehead atoms. The molecule has 1 fully saturated rings. The molecule has 3 heterocycles. The Balaban J connectivity index is 1.77. The zero-order chi connectivity index (χ0) is 28.2. The maximum Gasteiger partial charge on any atom is 0.306 e. The number of carbonyl (C=O) groups is 2. The van der Waals surface area contributed by atoms with Crippen molar-refractivity contribution in [3.8, 4) is 0 Å². The van der Waals surface area contributed by atoms with Crippen molar-refractivity contribution in [2.24, 2.45) is 0 Å². The number of esters is 2. The van der Waals surface area contributed by atoms with Gasteiger partial charge in [-0.3, -0.25) is 14.4 Å². The number of aromatic nitrogens is 4. The van der Waals surface area contributed by atoms with Crippen molar-refractivity contribution in [2.75, 3.05) is 12.3 Å². The molecule has 3 aromatic rings. The average Bonchev–Trinajstić information content (AvgIpc) is 3.31. The van der Waals surface area contributed by atoms with Crippen LogP contribution in [0.1, 0.15) is 78.4 Å². The highest BCUT2D eigenvalue weighted by Crippen LogP contribution is 2.44. The molecule has 1 aromatic carbocycles. The molecule has 1 aliphatic rings. The first-order valence-corrected chi connectivity index (χ1v) is 13.6. The number of hydrogen-bond donors (Lipinski definition) is 3. The molecule has 0 spiro atoms. The van der Waals surface area contributed by atoms with E-state index in [9.17, 15) is 19.5 Å². The molecule has 0 amide bonds. The number of carbonyl (C=O) groups excluding carboxylic acids is 2. The molecule has 212 valence electrons. The Kier molecular flexibility index (Phi) is 8.86. The summed E-state index contributed by atoms with van der Waals surface area (Å²) in [6.45, 7) is 5.20. The van der Waals surface area contributed by atoms with Gasteiger partial charge in [0.05, 0.1) is 18.2 Å². The Morgan fingerprint density at radius 1 is 1.15 bits per heavy atom. The molecular formula is C27H37N5O7. The summed E-state index contributed by atoms with van der Waals surface area (Å²) in [4.78, 5) is 38.2. The fourth-order valence-electron chi connectivity index (χ4n) is 5.13. The van der Waals surface area contributed by atoms with Gasteiger partial charge in [-0.25, -0.2) is 9.78 Å². The van der Waals surface area contributed by atoms with Gasteiger partial charge in [-0.2, -0.15) is 10.2 Å². The van der Waals surface area contributed by atoms with E-state index < -0.39 is 48.1 Å². The number of H-pyrrole nitrogens is 1. The van der Waals surface area contributed by atoms with Gasteiger partial charge < -0.3 is 25.1 Å². The van der Waals surface area contributed by atoms with Crippen molar-refractivity contribution in [3.63, 3.8) is 0 Å². The third-order valence-corrected chi connectivity index (χ3v) is 7.17. The van der Waals surface area contributed by atoms with E-state index in [4.69, 9.17) is 19.9 Å². The zero-order valence-corrected chi connectivity index (χ0v) is 22.6. The number of aliphatic hydroxyl groups excluding tert-OH is 1. The van der Waals surface area contributed by atoms with Gasteiger partial charge in [-0.15, -0.1) is 0 Å². The van der Waals surface area contributed by atoms with Gasteiger partial charge >= 0.3 is 11.9 Å². The standard InChI is InChI=1S/C27H37N5O7/c1-4-6-8-10-21(34)38-24-20(15-33)37-26(27(24,3)39-22(35)11-9-7-5-2)32-14-17-18(28)12-16-23(17)19(31-32)13-29-30-25(16)36/h12-14,20,24,26,33H,4-11,15,28H2,1-3H3,(H,30,36). The van der Waals surface area contributed by atoms with Crippen molar-refractivity contribution >= 4 is 39.3 Å². The van der Waals surface area contributed by atoms with E-state index in [0.29, 0.717) is 40.2 Å². The molecule has 0 aliphatic carbocycles. The smallest absolute Gasteiger partial charge is 0.306 e. The Hall–Kier alpha value is -3.51. The van der Waals surface area contributed by atoms with Crippen LogP contribution >= 0.6 is 0 Å². The highest BCUT2D eigenvalue weighted by Gasteiger charge is 2.60. The Labute approximate surface area is 225 Å². The van der Waals surface area contributed by atoms with Gasteiger partial charge in [0, 0.05) is 35.5 Å². The van der Waals surface area contributed by atoms with E-state index in [1.54, 1.807) is 19.2 Å². The average molecular weight is 544 g/mol. The van der Waals surface area contributed by atoms with Crippen molar-refractivity contribution in [1.82, 2.24) is 20.0 Å². The van der Waals surface area contributed by atoms with Crippen molar-refractivity contribution in [1.29, 1.82) is 0 Å². The first-order chi connectivity index (χ1) is 18.7. The van der Waals surface area contributed by atoms with Crippen molar-refractivity contribution in [3.05, 3.63) is 28.8 Å². The van der Waals surface area contributed by atoms with Crippen LogP contribution < -0.4 is 11.3 Å². The first-order valence-electron chi connectivity index (χ1n) is 13.6. The number of nitrogens with two attached hydrogens (primary N) is 1. The molecule has 0 saturated carbocycles. The maximum absolute atomic E-state index is 13.0. The topological polar surface area (TPSA) is 172 Å². The lowest BCUT2D eigenvalue weighted by molar-refractivity contribution is -0.188. The van der Waals surface area contributed by atoms with Crippen molar-refractivity contribution < 1.29 is 28.9 Å². The molecule has 39 heavy (non-hydrogen) atoms. The summed E-state index contributed by atoms with van der Waals surface area (Å²) in [5.41, 5.74) is 4.99. The van der Waals surface area contributed by atoms with Crippen LogP contribution in [0.3, 0.4) is 0 Å². The van der Waals surface area contributed by atoms with E-state index in [1.807, 2.05) is 13.8 Å². The number of anilines is 1. The van der Waals surface area contributed by atoms with Crippen LogP contribution in [0, 0.1) is 0 Å². The number of aromatic amines is 1. The third kappa shape index (κ3) is 5.76. The number of hydrogen-bond acceptors (Lipinski definition) is 10. The summed E-state index contributed by atoms with van der Waals surface area (Å²) in [5.74, 6) is -0.942. The Bertz CT molecular complexity index is 1390. The quantitative estimate of drug-likeness (QED) is 0.228. The molecular weight excluding hydrogens is 506 g/mol. The van der Waals surface area contributed by atoms with Crippen LogP contribution in [0.4, 0.5) is 5.69 Å². The van der Waals surface area contributed by atoms with E-state index in [-0.39, 0.29) is 12.8 Å². The van der Waals surface area contributed by atoms with E-state index in [0.717, 1.165) is 25.7 Å². The van der Waals surface area contributed by atoms with Gasteiger partial charge in [0.1, 0.15) is 11.6 Å². The van der Waals surface area contributed by atoms with Crippen LogP contribution in [-0.2, 0) is 23.8 Å². The van der Waals surface area contributed by atoms with E-state index >= 15 is 0 Å². The van der Waals surface area contributed by atoms with Gasteiger partial charge in [-0.05, 0) is 25.8 Å². The lowest BCUT2D eigenvalue weighted by atomic mass is 9.95. The largest absolute Gasteiger partial charge is 0.455 e. The lowest BCUT2D eigenvalue weighted by Gasteiger charge is -2.34. The molecule has 0 radical (unpaired) electrons. The Morgan fingerprint density at radius 2 is 1.85 bits per heavy atom. The summed E-state index contributed by atoms with van der Waals surface area (Å²) in [6.07, 6.45) is 5.12. The van der Waals surface area contributed by atoms with Gasteiger partial charge in [0.15, 0.2) is 17.9 Å².